The zero-order valence-corrected chi connectivity index (χ0v) is 15.5. The molecule has 5 nitrogen and oxygen atoms in total. The van der Waals surface area contributed by atoms with Crippen LogP contribution in [0.3, 0.4) is 0 Å². The monoisotopic (exact) mass is 405 g/mol. The van der Waals surface area contributed by atoms with E-state index in [1.54, 1.807) is 0 Å². The Balaban J connectivity index is 1.78. The number of nitrogens with one attached hydrogen (secondary N) is 1. The summed E-state index contributed by atoms with van der Waals surface area (Å²) in [5.74, 6) is 0.127. The van der Waals surface area contributed by atoms with Crippen LogP contribution in [0.15, 0.2) is 59.1 Å². The predicted octanol–water partition coefficient (Wildman–Crippen LogP) is 3.64. The van der Waals surface area contributed by atoms with Crippen molar-refractivity contribution in [1.29, 1.82) is 0 Å². The van der Waals surface area contributed by atoms with Gasteiger partial charge in [-0.05, 0) is 29.8 Å². The van der Waals surface area contributed by atoms with E-state index in [0.29, 0.717) is 5.75 Å². The Hall–Kier alpha value is -2.34. The number of carbonyl (C=O) groups is 2. The molecule has 2 aromatic carbocycles. The molecule has 0 bridgehead atoms. The molecule has 1 atom stereocenters. The Labute approximate surface area is 155 Å². The second-order valence-electron chi connectivity index (χ2n) is 5.39. The maximum Gasteiger partial charge on any atom is 0.308 e. The van der Waals surface area contributed by atoms with Gasteiger partial charge in [-0.15, -0.1) is 0 Å². The van der Waals surface area contributed by atoms with Gasteiger partial charge in [0.05, 0.1) is 12.5 Å². The summed E-state index contributed by atoms with van der Waals surface area (Å²) < 4.78 is 11.7. The normalized spacial score (nSPS) is 11.4. The van der Waals surface area contributed by atoms with Crippen molar-refractivity contribution in [3.05, 3.63) is 64.6 Å². The third-order valence-electron chi connectivity index (χ3n) is 3.38. The highest BCUT2D eigenvalue weighted by atomic mass is 79.9. The van der Waals surface area contributed by atoms with Crippen molar-refractivity contribution in [3.63, 3.8) is 0 Å². The molecule has 0 fully saturated rings. The minimum atomic E-state index is -0.404. The van der Waals surface area contributed by atoms with Crippen molar-refractivity contribution in [2.75, 3.05) is 13.2 Å². The van der Waals surface area contributed by atoms with E-state index in [2.05, 4.69) is 21.2 Å². The summed E-state index contributed by atoms with van der Waals surface area (Å²) in [6.45, 7) is 1.84. The first-order valence-electron chi connectivity index (χ1n) is 7.90. The smallest absolute Gasteiger partial charge is 0.308 e. The molecule has 0 heterocycles. The number of esters is 1. The van der Waals surface area contributed by atoms with Crippen LogP contribution in [0.4, 0.5) is 0 Å². The van der Waals surface area contributed by atoms with Crippen LogP contribution in [-0.4, -0.2) is 25.1 Å². The molecule has 0 saturated carbocycles. The van der Waals surface area contributed by atoms with E-state index < -0.39 is 6.04 Å². The van der Waals surface area contributed by atoms with Crippen LogP contribution < -0.4 is 10.1 Å². The average molecular weight is 406 g/mol. The first-order chi connectivity index (χ1) is 12.0. The topological polar surface area (TPSA) is 64.6 Å². The summed E-state index contributed by atoms with van der Waals surface area (Å²) >= 11 is 3.35. The Morgan fingerprint density at radius 3 is 2.36 bits per heavy atom. The van der Waals surface area contributed by atoms with Gasteiger partial charge in [-0.1, -0.05) is 46.3 Å². The molecule has 2 aromatic rings. The zero-order valence-electron chi connectivity index (χ0n) is 13.9. The Morgan fingerprint density at radius 1 is 1.04 bits per heavy atom. The molecule has 0 saturated heterocycles. The molecule has 1 N–H and O–H groups in total. The number of halogens is 1. The molecule has 0 aromatic heterocycles. The molecular weight excluding hydrogens is 386 g/mol. The number of hydrogen-bond donors (Lipinski definition) is 1. The first-order valence-corrected chi connectivity index (χ1v) is 8.70. The van der Waals surface area contributed by atoms with Crippen molar-refractivity contribution in [2.24, 2.45) is 0 Å². The van der Waals surface area contributed by atoms with Crippen LogP contribution in [0.5, 0.6) is 5.75 Å². The Bertz CT molecular complexity index is 688. The molecule has 132 valence electrons. The van der Waals surface area contributed by atoms with Crippen LogP contribution in [0.1, 0.15) is 24.9 Å². The molecule has 1 amide bonds. The van der Waals surface area contributed by atoms with Crippen molar-refractivity contribution < 1.29 is 19.1 Å². The summed E-state index contributed by atoms with van der Waals surface area (Å²) in [6, 6.07) is 16.3. The van der Waals surface area contributed by atoms with Gasteiger partial charge in [0.1, 0.15) is 19.0 Å². The van der Waals surface area contributed by atoms with E-state index in [1.807, 2.05) is 54.6 Å². The van der Waals surface area contributed by atoms with E-state index in [1.165, 1.54) is 6.92 Å². The maximum absolute atomic E-state index is 12.0. The standard InChI is InChI=1S/C19H20BrNO4/c1-14(22)21-18(15-5-3-2-4-6-15)13-19(23)25-12-11-24-17-9-7-16(20)8-10-17/h2-10,18H,11-13H2,1H3,(H,21,22)/t18-/m0/s1. The van der Waals surface area contributed by atoms with Crippen LogP contribution in [0.25, 0.3) is 0 Å². The zero-order chi connectivity index (χ0) is 18.1. The number of carbonyl (C=O) groups excluding carboxylic acids is 2. The van der Waals surface area contributed by atoms with E-state index >= 15 is 0 Å². The maximum atomic E-state index is 12.0. The van der Waals surface area contributed by atoms with Gasteiger partial charge in [-0.25, -0.2) is 0 Å². The van der Waals surface area contributed by atoms with Gasteiger partial charge in [-0.2, -0.15) is 0 Å². The fourth-order valence-corrected chi connectivity index (χ4v) is 2.52. The van der Waals surface area contributed by atoms with Crippen LogP contribution >= 0.6 is 15.9 Å². The van der Waals surface area contributed by atoms with Crippen molar-refractivity contribution >= 4 is 27.8 Å². The molecule has 0 aliphatic carbocycles. The fourth-order valence-electron chi connectivity index (χ4n) is 2.25. The lowest BCUT2D eigenvalue weighted by molar-refractivity contribution is -0.145. The number of hydrogen-bond acceptors (Lipinski definition) is 4. The Morgan fingerprint density at radius 2 is 1.72 bits per heavy atom. The minimum Gasteiger partial charge on any atom is -0.490 e. The van der Waals surface area contributed by atoms with Gasteiger partial charge in [0, 0.05) is 11.4 Å². The first kappa shape index (κ1) is 19.0. The lowest BCUT2D eigenvalue weighted by Crippen LogP contribution is -2.28. The van der Waals surface area contributed by atoms with Crippen molar-refractivity contribution in [2.45, 2.75) is 19.4 Å². The highest BCUT2D eigenvalue weighted by Gasteiger charge is 2.17. The molecule has 0 aliphatic heterocycles. The van der Waals surface area contributed by atoms with E-state index in [4.69, 9.17) is 9.47 Å². The molecule has 0 spiro atoms. The summed E-state index contributed by atoms with van der Waals surface area (Å²) in [4.78, 5) is 23.4. The molecule has 25 heavy (non-hydrogen) atoms. The summed E-state index contributed by atoms with van der Waals surface area (Å²) in [7, 11) is 0. The molecule has 0 unspecified atom stereocenters. The number of amides is 1. The van der Waals surface area contributed by atoms with Gasteiger partial charge in [0.15, 0.2) is 0 Å². The van der Waals surface area contributed by atoms with Crippen LogP contribution in [0.2, 0.25) is 0 Å². The third kappa shape index (κ3) is 6.97. The van der Waals surface area contributed by atoms with Crippen molar-refractivity contribution in [1.82, 2.24) is 5.32 Å². The summed E-state index contributed by atoms with van der Waals surface area (Å²) in [5.41, 5.74) is 0.862. The van der Waals surface area contributed by atoms with Gasteiger partial charge >= 0.3 is 5.97 Å². The van der Waals surface area contributed by atoms with Crippen LogP contribution in [-0.2, 0) is 14.3 Å². The minimum absolute atomic E-state index is 0.0713. The third-order valence-corrected chi connectivity index (χ3v) is 3.91. The molecule has 0 radical (unpaired) electrons. The lowest BCUT2D eigenvalue weighted by Gasteiger charge is -2.17. The van der Waals surface area contributed by atoms with Gasteiger partial charge in [0.2, 0.25) is 5.91 Å². The Kier molecular flexibility index (Phi) is 7.47. The van der Waals surface area contributed by atoms with Gasteiger partial charge in [-0.3, -0.25) is 9.59 Å². The van der Waals surface area contributed by atoms with E-state index in [9.17, 15) is 9.59 Å². The second kappa shape index (κ2) is 9.84. The van der Waals surface area contributed by atoms with Crippen molar-refractivity contribution in [3.8, 4) is 5.75 Å². The van der Waals surface area contributed by atoms with E-state index in [-0.39, 0.29) is 31.5 Å². The largest absolute Gasteiger partial charge is 0.490 e. The highest BCUT2D eigenvalue weighted by Crippen LogP contribution is 2.18. The molecule has 2 rings (SSSR count). The molecular formula is C19H20BrNO4. The highest BCUT2D eigenvalue weighted by molar-refractivity contribution is 9.10. The molecule has 0 aliphatic rings. The number of ether oxygens (including phenoxy) is 2. The van der Waals surface area contributed by atoms with Gasteiger partial charge < -0.3 is 14.8 Å². The van der Waals surface area contributed by atoms with Crippen LogP contribution in [0, 0.1) is 0 Å². The quantitative estimate of drug-likeness (QED) is 0.537. The number of rotatable bonds is 8. The summed E-state index contributed by atoms with van der Waals surface area (Å²) in [5, 5.41) is 2.77. The average Bonchev–Trinajstić information content (AvgIpc) is 2.60. The fraction of sp³-hybridized carbons (Fsp3) is 0.263. The SMILES string of the molecule is CC(=O)N[C@@H](CC(=O)OCCOc1ccc(Br)cc1)c1ccccc1. The second-order valence-corrected chi connectivity index (χ2v) is 6.31. The number of benzene rings is 2. The van der Waals surface area contributed by atoms with E-state index in [0.717, 1.165) is 10.0 Å². The summed E-state index contributed by atoms with van der Waals surface area (Å²) in [6.07, 6.45) is 0.0713. The lowest BCUT2D eigenvalue weighted by atomic mass is 10.0. The van der Waals surface area contributed by atoms with Gasteiger partial charge in [0.25, 0.3) is 0 Å². The predicted molar refractivity (Wildman–Crippen MR) is 98.2 cm³/mol. The molecule has 6 heteroatoms.